The van der Waals surface area contributed by atoms with E-state index in [4.69, 9.17) is 21.3 Å². The number of aromatic nitrogens is 1. The molecule has 3 saturated heterocycles. The van der Waals surface area contributed by atoms with Gasteiger partial charge in [-0.3, -0.25) is 9.78 Å². The van der Waals surface area contributed by atoms with Crippen LogP contribution in [0.5, 0.6) is 0 Å². The van der Waals surface area contributed by atoms with Crippen molar-refractivity contribution in [3.63, 3.8) is 0 Å². The minimum absolute atomic E-state index is 0.0148. The fourth-order valence-electron chi connectivity index (χ4n) is 5.44. The van der Waals surface area contributed by atoms with E-state index in [0.29, 0.717) is 25.3 Å². The molecule has 7 heteroatoms. The quantitative estimate of drug-likeness (QED) is 0.653. The van der Waals surface area contributed by atoms with Crippen LogP contribution >= 0.6 is 11.6 Å². The predicted molar refractivity (Wildman–Crippen MR) is 124 cm³/mol. The molecule has 2 bridgehead atoms. The fourth-order valence-corrected chi connectivity index (χ4v) is 5.81. The lowest BCUT2D eigenvalue weighted by atomic mass is 9.94. The summed E-state index contributed by atoms with van der Waals surface area (Å²) < 4.78 is 5.39. The van der Waals surface area contributed by atoms with Gasteiger partial charge in [0.15, 0.2) is 0 Å². The number of rotatable bonds is 3. The summed E-state index contributed by atoms with van der Waals surface area (Å²) in [7, 11) is 0. The fraction of sp³-hybridized carbons (Fsp3) is 0.560. The second kappa shape index (κ2) is 8.89. The number of piperazine rings is 1. The number of fused-ring (bicyclic) bond motifs is 6. The summed E-state index contributed by atoms with van der Waals surface area (Å²) in [6, 6.07) is 5.74. The molecule has 0 spiro atoms. The van der Waals surface area contributed by atoms with E-state index >= 15 is 0 Å². The smallest absolute Gasteiger partial charge is 0.410 e. The molecule has 6 rings (SSSR count). The molecule has 6 nitrogen and oxygen atoms in total. The number of aryl methyl sites for hydroxylation is 1. The second-order valence-electron chi connectivity index (χ2n) is 9.25. The van der Waals surface area contributed by atoms with Gasteiger partial charge in [0, 0.05) is 35.8 Å². The molecule has 3 aliphatic heterocycles. The van der Waals surface area contributed by atoms with Crippen molar-refractivity contribution in [2.24, 2.45) is 0 Å². The normalized spacial score (nSPS) is 22.6. The average Bonchev–Trinajstić information content (AvgIpc) is 3.16. The highest BCUT2D eigenvalue weighted by Crippen LogP contribution is 2.34. The maximum absolute atomic E-state index is 13.5. The highest BCUT2D eigenvalue weighted by molar-refractivity contribution is 6.36. The zero-order valence-corrected chi connectivity index (χ0v) is 19.4. The van der Waals surface area contributed by atoms with Gasteiger partial charge in [-0.25, -0.2) is 4.79 Å². The van der Waals surface area contributed by atoms with E-state index < -0.39 is 0 Å². The van der Waals surface area contributed by atoms with Crippen molar-refractivity contribution in [2.75, 3.05) is 19.7 Å². The summed E-state index contributed by atoms with van der Waals surface area (Å²) in [6.07, 6.45) is 7.60. The van der Waals surface area contributed by atoms with Gasteiger partial charge in [-0.2, -0.15) is 0 Å². The maximum atomic E-state index is 13.5. The zero-order chi connectivity index (χ0) is 22.2. The van der Waals surface area contributed by atoms with Gasteiger partial charge in [0.2, 0.25) is 0 Å². The molecule has 2 aromatic rings. The Morgan fingerprint density at radius 2 is 1.84 bits per heavy atom. The third-order valence-corrected chi connectivity index (χ3v) is 7.57. The van der Waals surface area contributed by atoms with E-state index in [0.717, 1.165) is 73.0 Å². The van der Waals surface area contributed by atoms with E-state index in [2.05, 4.69) is 0 Å². The van der Waals surface area contributed by atoms with Crippen LogP contribution in [0.3, 0.4) is 0 Å². The molecule has 1 aromatic heterocycles. The Morgan fingerprint density at radius 3 is 2.66 bits per heavy atom. The third-order valence-electron chi connectivity index (χ3n) is 7.14. The topological polar surface area (TPSA) is 62.7 Å². The highest BCUT2D eigenvalue weighted by atomic mass is 35.5. The minimum Gasteiger partial charge on any atom is -0.449 e. The van der Waals surface area contributed by atoms with Crippen LogP contribution in [0.25, 0.3) is 10.9 Å². The van der Waals surface area contributed by atoms with E-state index in [1.54, 1.807) is 0 Å². The first kappa shape index (κ1) is 21.5. The van der Waals surface area contributed by atoms with Crippen molar-refractivity contribution in [3.8, 4) is 0 Å². The van der Waals surface area contributed by atoms with Gasteiger partial charge in [-0.15, -0.1) is 0 Å². The molecular formula is C25H30ClN3O3. The Hall–Kier alpha value is -2.34. The SMILES string of the molecule is CCCOC(=O)N1CC2CCCC1CN2C(=O)c1ccc2c(Cl)c3c(nc2c1)CCCC3. The molecule has 1 aliphatic carbocycles. The molecule has 2 unspecified atom stereocenters. The molecule has 3 fully saturated rings. The monoisotopic (exact) mass is 455 g/mol. The van der Waals surface area contributed by atoms with Gasteiger partial charge in [0.1, 0.15) is 0 Å². The molecule has 2 amide bonds. The molecule has 4 heterocycles. The van der Waals surface area contributed by atoms with Crippen LogP contribution in [0.2, 0.25) is 5.02 Å². The van der Waals surface area contributed by atoms with E-state index in [9.17, 15) is 9.59 Å². The van der Waals surface area contributed by atoms with Crippen molar-refractivity contribution in [3.05, 3.63) is 40.0 Å². The second-order valence-corrected chi connectivity index (χ2v) is 9.63. The number of hydrogen-bond donors (Lipinski definition) is 0. The van der Waals surface area contributed by atoms with Crippen LogP contribution in [0.4, 0.5) is 4.79 Å². The average molecular weight is 456 g/mol. The third kappa shape index (κ3) is 3.83. The Morgan fingerprint density at radius 1 is 1.09 bits per heavy atom. The lowest BCUT2D eigenvalue weighted by molar-refractivity contribution is 0.0241. The Bertz CT molecular complexity index is 1060. The van der Waals surface area contributed by atoms with E-state index in [-0.39, 0.29) is 24.1 Å². The first-order valence-electron chi connectivity index (χ1n) is 11.9. The van der Waals surface area contributed by atoms with Crippen LogP contribution in [0.15, 0.2) is 18.2 Å². The summed E-state index contributed by atoms with van der Waals surface area (Å²) in [5.41, 5.74) is 3.69. The lowest BCUT2D eigenvalue weighted by Crippen LogP contribution is -2.59. The molecule has 0 saturated carbocycles. The van der Waals surface area contributed by atoms with Crippen LogP contribution < -0.4 is 0 Å². The number of carbonyl (C=O) groups excluding carboxylic acids is 2. The molecule has 0 N–H and O–H groups in total. The number of nitrogens with zero attached hydrogens (tertiary/aromatic N) is 3. The molecule has 0 radical (unpaired) electrons. The number of halogens is 1. The standard InChI is InChI=1S/C25H30ClN3O3/c1-2-12-32-25(31)29-15-17-6-5-7-18(29)14-28(17)24(30)16-10-11-20-22(13-16)27-21-9-4-3-8-19(21)23(20)26/h10-11,13,17-18H,2-9,12,14-15H2,1H3. The molecule has 170 valence electrons. The molecular weight excluding hydrogens is 426 g/mol. The van der Waals surface area contributed by atoms with Gasteiger partial charge < -0.3 is 14.5 Å². The number of ether oxygens (including phenoxy) is 1. The van der Waals surface area contributed by atoms with Crippen molar-refractivity contribution >= 4 is 34.5 Å². The van der Waals surface area contributed by atoms with Gasteiger partial charge in [-0.1, -0.05) is 24.6 Å². The zero-order valence-electron chi connectivity index (χ0n) is 18.6. The Balaban J connectivity index is 1.40. The van der Waals surface area contributed by atoms with Gasteiger partial charge in [0.25, 0.3) is 5.91 Å². The summed E-state index contributed by atoms with van der Waals surface area (Å²) in [5, 5.41) is 1.71. The lowest BCUT2D eigenvalue weighted by Gasteiger charge is -2.43. The summed E-state index contributed by atoms with van der Waals surface area (Å²) in [5.74, 6) is 0.0148. The van der Waals surface area contributed by atoms with Crippen LogP contribution in [-0.4, -0.2) is 58.6 Å². The largest absolute Gasteiger partial charge is 0.449 e. The van der Waals surface area contributed by atoms with Gasteiger partial charge in [0.05, 0.1) is 23.2 Å². The van der Waals surface area contributed by atoms with Crippen molar-refractivity contribution < 1.29 is 14.3 Å². The number of pyridine rings is 1. The number of hydrogen-bond acceptors (Lipinski definition) is 4. The van der Waals surface area contributed by atoms with Crippen LogP contribution in [0, 0.1) is 0 Å². The maximum Gasteiger partial charge on any atom is 0.410 e. The number of benzene rings is 1. The Labute approximate surface area is 193 Å². The van der Waals surface area contributed by atoms with Crippen LogP contribution in [0.1, 0.15) is 67.1 Å². The van der Waals surface area contributed by atoms with Crippen LogP contribution in [-0.2, 0) is 17.6 Å². The molecule has 2 atom stereocenters. The first-order valence-corrected chi connectivity index (χ1v) is 12.3. The summed E-state index contributed by atoms with van der Waals surface area (Å²) in [6.45, 7) is 3.53. The molecule has 32 heavy (non-hydrogen) atoms. The molecule has 4 aliphatic rings. The predicted octanol–water partition coefficient (Wildman–Crippen LogP) is 4.99. The van der Waals surface area contributed by atoms with Crippen molar-refractivity contribution in [1.29, 1.82) is 0 Å². The number of amides is 2. The van der Waals surface area contributed by atoms with E-state index in [1.165, 1.54) is 5.56 Å². The minimum atomic E-state index is -0.245. The van der Waals surface area contributed by atoms with Crippen molar-refractivity contribution in [2.45, 2.75) is 70.4 Å². The summed E-state index contributed by atoms with van der Waals surface area (Å²) >= 11 is 6.71. The molecule has 1 aromatic carbocycles. The highest BCUT2D eigenvalue weighted by Gasteiger charge is 2.41. The van der Waals surface area contributed by atoms with Crippen molar-refractivity contribution in [1.82, 2.24) is 14.8 Å². The Kier molecular flexibility index (Phi) is 5.97. The van der Waals surface area contributed by atoms with Gasteiger partial charge >= 0.3 is 6.09 Å². The summed E-state index contributed by atoms with van der Waals surface area (Å²) in [4.78, 5) is 34.7. The van der Waals surface area contributed by atoms with Gasteiger partial charge in [-0.05, 0) is 69.1 Å². The number of carbonyl (C=O) groups is 2. The van der Waals surface area contributed by atoms with E-state index in [1.807, 2.05) is 34.9 Å². The first-order chi connectivity index (χ1) is 15.6.